The lowest BCUT2D eigenvalue weighted by molar-refractivity contribution is 0.0506. The second kappa shape index (κ2) is 5.76. The first-order valence-electron chi connectivity index (χ1n) is 5.89. The summed E-state index contributed by atoms with van der Waals surface area (Å²) in [5.41, 5.74) is -0.326. The molecule has 0 saturated carbocycles. The highest BCUT2D eigenvalue weighted by atomic mass is 19.3. The summed E-state index contributed by atoms with van der Waals surface area (Å²) in [6.07, 6.45) is 0.322. The Morgan fingerprint density at radius 3 is 2.80 bits per heavy atom. The van der Waals surface area contributed by atoms with Gasteiger partial charge in [0.05, 0.1) is 19.3 Å². The summed E-state index contributed by atoms with van der Waals surface area (Å²) < 4.78 is 33.4. The van der Waals surface area contributed by atoms with Gasteiger partial charge < -0.3 is 4.74 Å². The van der Waals surface area contributed by atoms with Crippen molar-refractivity contribution in [1.82, 2.24) is 24.8 Å². The summed E-state index contributed by atoms with van der Waals surface area (Å²) in [5.74, 6) is -0.903. The summed E-state index contributed by atoms with van der Waals surface area (Å²) in [5, 5.41) is 11.0. The molecule has 0 N–H and O–H groups in total. The Bertz CT molecular complexity index is 608. The molecule has 0 radical (unpaired) electrons. The maximum absolute atomic E-state index is 13.1. The van der Waals surface area contributed by atoms with Crippen LogP contribution < -0.4 is 0 Å². The second-order valence-corrected chi connectivity index (χ2v) is 4.02. The van der Waals surface area contributed by atoms with E-state index in [1.165, 1.54) is 6.20 Å². The third-order valence-electron chi connectivity index (χ3n) is 2.54. The molecule has 0 aliphatic rings. The predicted octanol–water partition coefficient (Wildman–Crippen LogP) is 1.17. The molecule has 20 heavy (non-hydrogen) atoms. The average Bonchev–Trinajstić information content (AvgIpc) is 2.96. The van der Waals surface area contributed by atoms with Crippen LogP contribution in [0, 0.1) is 0 Å². The third kappa shape index (κ3) is 2.81. The molecule has 0 spiro atoms. The van der Waals surface area contributed by atoms with Gasteiger partial charge in [-0.3, -0.25) is 4.68 Å². The quantitative estimate of drug-likeness (QED) is 0.771. The monoisotopic (exact) mass is 285 g/mol. The van der Waals surface area contributed by atoms with E-state index in [1.54, 1.807) is 24.9 Å². The highest BCUT2D eigenvalue weighted by molar-refractivity contribution is 5.88. The molecule has 0 fully saturated rings. The molecular formula is C11H13F2N5O2. The van der Waals surface area contributed by atoms with Gasteiger partial charge in [0.15, 0.2) is 5.69 Å². The molecule has 9 heteroatoms. The van der Waals surface area contributed by atoms with Gasteiger partial charge in [0.1, 0.15) is 5.69 Å². The normalized spacial score (nSPS) is 11.1. The Morgan fingerprint density at radius 1 is 1.50 bits per heavy atom. The summed E-state index contributed by atoms with van der Waals surface area (Å²) in [6, 6.07) is 0. The van der Waals surface area contributed by atoms with Gasteiger partial charge in [-0.15, -0.1) is 5.10 Å². The SMILES string of the molecule is CCOC(=O)c1nnn(Cc2cnn(C)c2)c1C(F)F. The molecule has 0 aromatic carbocycles. The maximum atomic E-state index is 13.1. The Kier molecular flexibility index (Phi) is 4.06. The fraction of sp³-hybridized carbons (Fsp3) is 0.455. The van der Waals surface area contributed by atoms with E-state index >= 15 is 0 Å². The summed E-state index contributed by atoms with van der Waals surface area (Å²) in [4.78, 5) is 11.6. The minimum absolute atomic E-state index is 0.0555. The van der Waals surface area contributed by atoms with Crippen LogP contribution in [0.2, 0.25) is 0 Å². The molecule has 0 amide bonds. The van der Waals surface area contributed by atoms with Crippen LogP contribution in [0.1, 0.15) is 35.1 Å². The first-order chi connectivity index (χ1) is 9.52. The molecule has 2 heterocycles. The number of carbonyl (C=O) groups is 1. The maximum Gasteiger partial charge on any atom is 0.361 e. The fourth-order valence-electron chi connectivity index (χ4n) is 1.72. The number of halogens is 2. The molecule has 0 aliphatic heterocycles. The lowest BCUT2D eigenvalue weighted by Crippen LogP contribution is -2.12. The van der Waals surface area contributed by atoms with E-state index in [2.05, 4.69) is 20.1 Å². The van der Waals surface area contributed by atoms with Crippen molar-refractivity contribution in [3.8, 4) is 0 Å². The van der Waals surface area contributed by atoms with Crippen molar-refractivity contribution in [2.24, 2.45) is 7.05 Å². The van der Waals surface area contributed by atoms with Crippen LogP contribution in [-0.2, 0) is 18.3 Å². The minimum atomic E-state index is -2.87. The minimum Gasteiger partial charge on any atom is -0.461 e. The van der Waals surface area contributed by atoms with E-state index in [0.29, 0.717) is 5.56 Å². The Labute approximate surface area is 113 Å². The van der Waals surface area contributed by atoms with E-state index in [-0.39, 0.29) is 13.2 Å². The van der Waals surface area contributed by atoms with E-state index in [1.807, 2.05) is 0 Å². The number of aryl methyl sites for hydroxylation is 1. The lowest BCUT2D eigenvalue weighted by atomic mass is 10.3. The van der Waals surface area contributed by atoms with Gasteiger partial charge in [0, 0.05) is 18.8 Å². The zero-order valence-corrected chi connectivity index (χ0v) is 11.0. The number of hydrogen-bond acceptors (Lipinski definition) is 5. The van der Waals surface area contributed by atoms with Crippen LogP contribution in [0.25, 0.3) is 0 Å². The highest BCUT2D eigenvalue weighted by Crippen LogP contribution is 2.22. The van der Waals surface area contributed by atoms with Crippen molar-refractivity contribution in [1.29, 1.82) is 0 Å². The van der Waals surface area contributed by atoms with Gasteiger partial charge in [0.25, 0.3) is 6.43 Å². The van der Waals surface area contributed by atoms with Gasteiger partial charge >= 0.3 is 5.97 Å². The number of esters is 1. The van der Waals surface area contributed by atoms with Crippen LogP contribution in [0.4, 0.5) is 8.78 Å². The van der Waals surface area contributed by atoms with Crippen LogP contribution in [0.3, 0.4) is 0 Å². The molecular weight excluding hydrogens is 272 g/mol. The molecule has 0 unspecified atom stereocenters. The van der Waals surface area contributed by atoms with Crippen LogP contribution in [-0.4, -0.2) is 37.4 Å². The van der Waals surface area contributed by atoms with E-state index < -0.39 is 23.8 Å². The first-order valence-corrected chi connectivity index (χ1v) is 5.89. The van der Waals surface area contributed by atoms with Crippen molar-refractivity contribution in [3.05, 3.63) is 29.3 Å². The van der Waals surface area contributed by atoms with Crippen molar-refractivity contribution in [2.45, 2.75) is 19.9 Å². The number of nitrogens with zero attached hydrogens (tertiary/aromatic N) is 5. The van der Waals surface area contributed by atoms with Crippen LogP contribution in [0.5, 0.6) is 0 Å². The summed E-state index contributed by atoms with van der Waals surface area (Å²) >= 11 is 0. The van der Waals surface area contributed by atoms with Gasteiger partial charge in [-0.25, -0.2) is 18.3 Å². The first kappa shape index (κ1) is 14.1. The molecule has 0 bridgehead atoms. The molecule has 0 aliphatic carbocycles. The molecule has 0 saturated heterocycles. The Morgan fingerprint density at radius 2 is 2.25 bits per heavy atom. The highest BCUT2D eigenvalue weighted by Gasteiger charge is 2.27. The number of ether oxygens (including phenoxy) is 1. The smallest absolute Gasteiger partial charge is 0.361 e. The number of alkyl halides is 2. The molecule has 0 atom stereocenters. The van der Waals surface area contributed by atoms with Gasteiger partial charge in [-0.05, 0) is 6.92 Å². The molecule has 2 aromatic rings. The van der Waals surface area contributed by atoms with E-state index in [9.17, 15) is 13.6 Å². The molecule has 108 valence electrons. The average molecular weight is 285 g/mol. The fourth-order valence-corrected chi connectivity index (χ4v) is 1.72. The molecule has 7 nitrogen and oxygen atoms in total. The van der Waals surface area contributed by atoms with E-state index in [0.717, 1.165) is 4.68 Å². The van der Waals surface area contributed by atoms with Gasteiger partial charge in [0.2, 0.25) is 0 Å². The number of rotatable bonds is 5. The van der Waals surface area contributed by atoms with Crippen molar-refractivity contribution < 1.29 is 18.3 Å². The predicted molar refractivity (Wildman–Crippen MR) is 63.2 cm³/mol. The van der Waals surface area contributed by atoms with Gasteiger partial charge in [-0.2, -0.15) is 5.10 Å². The lowest BCUT2D eigenvalue weighted by Gasteiger charge is -2.05. The topological polar surface area (TPSA) is 74.8 Å². The van der Waals surface area contributed by atoms with Gasteiger partial charge in [-0.1, -0.05) is 5.21 Å². The van der Waals surface area contributed by atoms with Crippen molar-refractivity contribution in [3.63, 3.8) is 0 Å². The second-order valence-electron chi connectivity index (χ2n) is 4.02. The summed E-state index contributed by atoms with van der Waals surface area (Å²) in [6.45, 7) is 1.72. The van der Waals surface area contributed by atoms with E-state index in [4.69, 9.17) is 0 Å². The molecule has 2 rings (SSSR count). The zero-order chi connectivity index (χ0) is 14.7. The van der Waals surface area contributed by atoms with Crippen molar-refractivity contribution in [2.75, 3.05) is 6.61 Å². The Balaban J connectivity index is 2.31. The Hall–Kier alpha value is -2.32. The number of aromatic nitrogens is 5. The summed E-state index contributed by atoms with van der Waals surface area (Å²) in [7, 11) is 1.71. The van der Waals surface area contributed by atoms with Crippen LogP contribution >= 0.6 is 0 Å². The van der Waals surface area contributed by atoms with Crippen LogP contribution in [0.15, 0.2) is 12.4 Å². The largest absolute Gasteiger partial charge is 0.461 e. The zero-order valence-electron chi connectivity index (χ0n) is 11.0. The molecule has 2 aromatic heterocycles. The number of hydrogen-bond donors (Lipinski definition) is 0. The third-order valence-corrected chi connectivity index (χ3v) is 2.54. The van der Waals surface area contributed by atoms with Crippen molar-refractivity contribution >= 4 is 5.97 Å². The standard InChI is InChI=1S/C11H13F2N5O2/c1-3-20-11(19)8-9(10(12)13)18(16-15-8)6-7-4-14-17(2)5-7/h4-5,10H,3,6H2,1-2H3. The number of carbonyl (C=O) groups excluding carboxylic acids is 1.